The van der Waals surface area contributed by atoms with E-state index in [9.17, 15) is 9.18 Å². The van der Waals surface area contributed by atoms with E-state index in [2.05, 4.69) is 10.3 Å². The molecule has 1 amide bonds. The van der Waals surface area contributed by atoms with Gasteiger partial charge in [-0.1, -0.05) is 18.2 Å². The second kappa shape index (κ2) is 7.43. The normalized spacial score (nSPS) is 16.1. The number of methoxy groups -OCH3 is 1. The molecule has 4 rings (SSSR count). The molecule has 4 nitrogen and oxygen atoms in total. The van der Waals surface area contributed by atoms with Crippen molar-refractivity contribution in [2.24, 2.45) is 5.92 Å². The van der Waals surface area contributed by atoms with Gasteiger partial charge in [-0.2, -0.15) is 0 Å². The smallest absolute Gasteiger partial charge is 0.223 e. The highest BCUT2D eigenvalue weighted by molar-refractivity contribution is 5.88. The van der Waals surface area contributed by atoms with E-state index in [4.69, 9.17) is 4.74 Å². The molecular weight excluding hydrogens is 343 g/mol. The van der Waals surface area contributed by atoms with Gasteiger partial charge in [0, 0.05) is 29.1 Å². The minimum Gasteiger partial charge on any atom is -0.497 e. The minimum atomic E-state index is -0.221. The maximum atomic E-state index is 13.7. The Morgan fingerprint density at radius 1 is 1.30 bits per heavy atom. The molecule has 3 aromatic rings. The highest BCUT2D eigenvalue weighted by Gasteiger charge is 2.27. The van der Waals surface area contributed by atoms with Crippen molar-refractivity contribution in [1.29, 1.82) is 0 Å². The van der Waals surface area contributed by atoms with Gasteiger partial charge in [0.2, 0.25) is 5.91 Å². The predicted octanol–water partition coefficient (Wildman–Crippen LogP) is 3.78. The molecule has 1 heterocycles. The molecule has 0 spiro atoms. The molecule has 0 bridgehead atoms. The number of amides is 1. The number of aromatic nitrogens is 1. The first-order valence-corrected chi connectivity index (χ1v) is 9.34. The van der Waals surface area contributed by atoms with Crippen LogP contribution in [0.5, 0.6) is 5.75 Å². The van der Waals surface area contributed by atoms with Crippen molar-refractivity contribution in [3.63, 3.8) is 0 Å². The van der Waals surface area contributed by atoms with Gasteiger partial charge in [0.15, 0.2) is 0 Å². The number of hydrogen-bond donors (Lipinski definition) is 2. The number of aromatic amines is 1. The Morgan fingerprint density at radius 3 is 2.96 bits per heavy atom. The van der Waals surface area contributed by atoms with Gasteiger partial charge in [-0.3, -0.25) is 4.79 Å². The molecule has 1 atom stereocenters. The lowest BCUT2D eigenvalue weighted by atomic mass is 9.85. The van der Waals surface area contributed by atoms with Crippen LogP contribution in [-0.2, 0) is 24.1 Å². The molecule has 0 saturated carbocycles. The number of hydrogen-bond acceptors (Lipinski definition) is 2. The highest BCUT2D eigenvalue weighted by Crippen LogP contribution is 2.33. The summed E-state index contributed by atoms with van der Waals surface area (Å²) >= 11 is 0. The Hall–Kier alpha value is -2.82. The lowest BCUT2D eigenvalue weighted by Gasteiger charge is -2.22. The monoisotopic (exact) mass is 366 g/mol. The number of halogens is 1. The molecule has 140 valence electrons. The molecule has 1 aromatic heterocycles. The van der Waals surface area contributed by atoms with E-state index in [1.807, 2.05) is 24.3 Å². The van der Waals surface area contributed by atoms with E-state index in [1.54, 1.807) is 19.2 Å². The summed E-state index contributed by atoms with van der Waals surface area (Å²) in [6, 6.07) is 12.7. The van der Waals surface area contributed by atoms with E-state index in [-0.39, 0.29) is 17.6 Å². The number of benzene rings is 2. The summed E-state index contributed by atoms with van der Waals surface area (Å²) in [5.74, 6) is 0.597. The Morgan fingerprint density at radius 2 is 2.15 bits per heavy atom. The van der Waals surface area contributed by atoms with Crippen molar-refractivity contribution < 1.29 is 13.9 Å². The maximum Gasteiger partial charge on any atom is 0.223 e. The van der Waals surface area contributed by atoms with Crippen LogP contribution >= 0.6 is 0 Å². The second-order valence-electron chi connectivity index (χ2n) is 7.07. The highest BCUT2D eigenvalue weighted by atomic mass is 19.1. The van der Waals surface area contributed by atoms with Crippen molar-refractivity contribution in [2.75, 3.05) is 13.7 Å². The number of aryl methyl sites for hydroxylation is 1. The van der Waals surface area contributed by atoms with Crippen LogP contribution in [0, 0.1) is 11.7 Å². The number of carbonyl (C=O) groups excluding carboxylic acids is 1. The molecule has 0 radical (unpaired) electrons. The third-order valence-corrected chi connectivity index (χ3v) is 5.42. The van der Waals surface area contributed by atoms with Crippen molar-refractivity contribution in [3.05, 3.63) is 65.1 Å². The zero-order chi connectivity index (χ0) is 18.8. The van der Waals surface area contributed by atoms with Crippen molar-refractivity contribution >= 4 is 16.8 Å². The number of rotatable bonds is 5. The largest absolute Gasteiger partial charge is 0.497 e. The van der Waals surface area contributed by atoms with Crippen LogP contribution in [0.25, 0.3) is 10.9 Å². The quantitative estimate of drug-likeness (QED) is 0.722. The summed E-state index contributed by atoms with van der Waals surface area (Å²) in [6.07, 6.45) is 2.90. The molecule has 0 saturated heterocycles. The van der Waals surface area contributed by atoms with Crippen LogP contribution in [0.3, 0.4) is 0 Å². The average Bonchev–Trinajstić information content (AvgIpc) is 3.06. The van der Waals surface area contributed by atoms with E-state index >= 15 is 0 Å². The molecule has 5 heteroatoms. The fraction of sp³-hybridized carbons (Fsp3) is 0.318. The Kier molecular flexibility index (Phi) is 4.84. The molecule has 2 N–H and O–H groups in total. The van der Waals surface area contributed by atoms with Gasteiger partial charge in [-0.15, -0.1) is 0 Å². The third-order valence-electron chi connectivity index (χ3n) is 5.42. The van der Waals surface area contributed by atoms with Gasteiger partial charge < -0.3 is 15.0 Å². The van der Waals surface area contributed by atoms with E-state index in [0.717, 1.165) is 29.5 Å². The Labute approximate surface area is 157 Å². The number of nitrogens with one attached hydrogen (secondary N) is 2. The lowest BCUT2D eigenvalue weighted by molar-refractivity contribution is -0.125. The Bertz CT molecular complexity index is 980. The standard InChI is InChI=1S/C22H23FN2O2/c1-27-16-7-9-21-18(13-16)17-12-15(6-8-20(17)25-21)22(26)24-11-10-14-4-2-3-5-19(14)23/h2-5,7,9,13,15,25H,6,8,10-12H2,1H3,(H,24,26). The molecule has 1 aliphatic rings. The van der Waals surface area contributed by atoms with Crippen molar-refractivity contribution in [3.8, 4) is 5.75 Å². The van der Waals surface area contributed by atoms with E-state index in [0.29, 0.717) is 24.9 Å². The first-order chi connectivity index (χ1) is 13.2. The first kappa shape index (κ1) is 17.6. The van der Waals surface area contributed by atoms with Crippen LogP contribution in [0.1, 0.15) is 23.2 Å². The molecular formula is C22H23FN2O2. The lowest BCUT2D eigenvalue weighted by Crippen LogP contribution is -2.35. The number of carbonyl (C=O) groups is 1. The summed E-state index contributed by atoms with van der Waals surface area (Å²) in [6.45, 7) is 0.449. The van der Waals surface area contributed by atoms with Crippen molar-refractivity contribution in [1.82, 2.24) is 10.3 Å². The topological polar surface area (TPSA) is 54.1 Å². The Balaban J connectivity index is 1.42. The van der Waals surface area contributed by atoms with Crippen LogP contribution in [0.15, 0.2) is 42.5 Å². The van der Waals surface area contributed by atoms with Gasteiger partial charge >= 0.3 is 0 Å². The zero-order valence-electron chi connectivity index (χ0n) is 15.3. The summed E-state index contributed by atoms with van der Waals surface area (Å²) in [5, 5.41) is 4.11. The van der Waals surface area contributed by atoms with Crippen LogP contribution < -0.4 is 10.1 Å². The summed E-state index contributed by atoms with van der Waals surface area (Å²) in [7, 11) is 1.66. The van der Waals surface area contributed by atoms with Gasteiger partial charge in [0.1, 0.15) is 11.6 Å². The van der Waals surface area contributed by atoms with Gasteiger partial charge in [0.05, 0.1) is 7.11 Å². The molecule has 0 aliphatic heterocycles. The van der Waals surface area contributed by atoms with E-state index < -0.39 is 0 Å². The SMILES string of the molecule is COc1ccc2[nH]c3c(c2c1)CC(C(=O)NCCc1ccccc1F)CC3. The van der Waals surface area contributed by atoms with Gasteiger partial charge in [0.25, 0.3) is 0 Å². The number of fused-ring (bicyclic) bond motifs is 3. The number of ether oxygens (including phenoxy) is 1. The number of H-pyrrole nitrogens is 1. The molecule has 27 heavy (non-hydrogen) atoms. The molecule has 2 aromatic carbocycles. The van der Waals surface area contributed by atoms with Crippen molar-refractivity contribution in [2.45, 2.75) is 25.7 Å². The second-order valence-corrected chi connectivity index (χ2v) is 7.07. The fourth-order valence-electron chi connectivity index (χ4n) is 3.91. The summed E-state index contributed by atoms with van der Waals surface area (Å²) in [4.78, 5) is 16.1. The minimum absolute atomic E-state index is 0.0502. The van der Waals surface area contributed by atoms with Gasteiger partial charge in [-0.05, 0) is 61.1 Å². The third kappa shape index (κ3) is 3.54. The first-order valence-electron chi connectivity index (χ1n) is 9.34. The van der Waals surface area contributed by atoms with Crippen LogP contribution in [0.2, 0.25) is 0 Å². The zero-order valence-corrected chi connectivity index (χ0v) is 15.3. The van der Waals surface area contributed by atoms with Crippen LogP contribution in [-0.4, -0.2) is 24.5 Å². The molecule has 0 fully saturated rings. The summed E-state index contributed by atoms with van der Waals surface area (Å²) < 4.78 is 19.0. The van der Waals surface area contributed by atoms with Crippen LogP contribution in [0.4, 0.5) is 4.39 Å². The molecule has 1 unspecified atom stereocenters. The fourth-order valence-corrected chi connectivity index (χ4v) is 3.91. The molecule has 1 aliphatic carbocycles. The maximum absolute atomic E-state index is 13.7. The summed E-state index contributed by atoms with van der Waals surface area (Å²) in [5.41, 5.74) is 4.15. The van der Waals surface area contributed by atoms with E-state index in [1.165, 1.54) is 17.3 Å². The predicted molar refractivity (Wildman–Crippen MR) is 103 cm³/mol. The van der Waals surface area contributed by atoms with Gasteiger partial charge in [-0.25, -0.2) is 4.39 Å². The average molecular weight is 366 g/mol.